The number of hydrogen-bond donors (Lipinski definition) is 1. The van der Waals surface area contributed by atoms with Gasteiger partial charge in [-0.3, -0.25) is 4.68 Å². The van der Waals surface area contributed by atoms with Crippen molar-refractivity contribution in [1.82, 2.24) is 19.4 Å². The van der Waals surface area contributed by atoms with Crippen molar-refractivity contribution in [3.8, 4) is 0 Å². The molecule has 0 radical (unpaired) electrons. The molecule has 1 heterocycles. The van der Waals surface area contributed by atoms with Crippen LogP contribution in [0.3, 0.4) is 0 Å². The van der Waals surface area contributed by atoms with Crippen molar-refractivity contribution in [1.29, 1.82) is 0 Å². The number of rotatable bonds is 9. The first-order valence-corrected chi connectivity index (χ1v) is 8.78. The number of aryl methyl sites for hydroxylation is 1. The van der Waals surface area contributed by atoms with E-state index in [-0.39, 0.29) is 4.90 Å². The Bertz CT molecular complexity index is 518. The smallest absolute Gasteiger partial charge is 0.246 e. The van der Waals surface area contributed by atoms with Gasteiger partial charge in [-0.2, -0.15) is 9.40 Å². The molecule has 0 aromatic carbocycles. The lowest BCUT2D eigenvalue weighted by Crippen LogP contribution is -2.30. The Morgan fingerprint density at radius 3 is 2.70 bits per heavy atom. The van der Waals surface area contributed by atoms with Crippen LogP contribution in [0.2, 0.25) is 0 Å². The first-order chi connectivity index (χ1) is 9.57. The standard InChI is InChI=1S/C13H24N4O2S/c1-3-17(4-2)20(18,19)13-10-15-16(11-13)9-5-8-14-12-6-7-12/h10-12,14H,3-9H2,1-2H3. The zero-order chi connectivity index (χ0) is 14.6. The SMILES string of the molecule is CCN(CC)S(=O)(=O)c1cnn(CCCNC2CC2)c1. The Morgan fingerprint density at radius 2 is 2.10 bits per heavy atom. The average Bonchev–Trinajstić information content (AvgIpc) is 3.11. The first kappa shape index (κ1) is 15.5. The molecule has 0 saturated heterocycles. The number of sulfonamides is 1. The highest BCUT2D eigenvalue weighted by Crippen LogP contribution is 2.18. The maximum atomic E-state index is 12.3. The number of nitrogens with one attached hydrogen (secondary N) is 1. The van der Waals surface area contributed by atoms with Crippen molar-refractivity contribution in [3.05, 3.63) is 12.4 Å². The van der Waals surface area contributed by atoms with Gasteiger partial charge in [-0.15, -0.1) is 0 Å². The molecule has 1 N–H and O–H groups in total. The van der Waals surface area contributed by atoms with Crippen LogP contribution in [0.5, 0.6) is 0 Å². The summed E-state index contributed by atoms with van der Waals surface area (Å²) in [5.41, 5.74) is 0. The second-order valence-electron chi connectivity index (χ2n) is 5.11. The van der Waals surface area contributed by atoms with Crippen LogP contribution in [0, 0.1) is 0 Å². The molecule has 0 aliphatic heterocycles. The molecule has 0 atom stereocenters. The molecular weight excluding hydrogens is 276 g/mol. The van der Waals surface area contributed by atoms with Gasteiger partial charge in [0.25, 0.3) is 0 Å². The van der Waals surface area contributed by atoms with Crippen molar-refractivity contribution in [2.45, 2.75) is 50.6 Å². The van der Waals surface area contributed by atoms with Crippen molar-refractivity contribution in [2.24, 2.45) is 0 Å². The van der Waals surface area contributed by atoms with Crippen molar-refractivity contribution in [2.75, 3.05) is 19.6 Å². The molecule has 0 spiro atoms. The van der Waals surface area contributed by atoms with Gasteiger partial charge in [-0.25, -0.2) is 8.42 Å². The van der Waals surface area contributed by atoms with Crippen LogP contribution >= 0.6 is 0 Å². The van der Waals surface area contributed by atoms with Crippen LogP contribution in [-0.2, 0) is 16.6 Å². The van der Waals surface area contributed by atoms with Gasteiger partial charge < -0.3 is 5.32 Å². The van der Waals surface area contributed by atoms with E-state index < -0.39 is 10.0 Å². The van der Waals surface area contributed by atoms with Crippen LogP contribution < -0.4 is 5.32 Å². The molecule has 0 bridgehead atoms. The second kappa shape index (κ2) is 6.69. The van der Waals surface area contributed by atoms with E-state index in [1.54, 1.807) is 10.9 Å². The molecule has 2 rings (SSSR count). The lowest BCUT2D eigenvalue weighted by atomic mass is 10.4. The van der Waals surface area contributed by atoms with Crippen molar-refractivity contribution >= 4 is 10.0 Å². The molecule has 1 saturated carbocycles. The Balaban J connectivity index is 1.89. The predicted octanol–water partition coefficient (Wildman–Crippen LogP) is 1.06. The van der Waals surface area contributed by atoms with Gasteiger partial charge in [0.2, 0.25) is 10.0 Å². The van der Waals surface area contributed by atoms with Crippen LogP contribution in [0.15, 0.2) is 17.3 Å². The van der Waals surface area contributed by atoms with E-state index in [0.29, 0.717) is 19.1 Å². The van der Waals surface area contributed by atoms with Gasteiger partial charge >= 0.3 is 0 Å². The van der Waals surface area contributed by atoms with Gasteiger partial charge in [0.15, 0.2) is 0 Å². The largest absolute Gasteiger partial charge is 0.314 e. The van der Waals surface area contributed by atoms with Crippen molar-refractivity contribution in [3.63, 3.8) is 0 Å². The van der Waals surface area contributed by atoms with Gasteiger partial charge in [-0.1, -0.05) is 13.8 Å². The molecule has 6 nitrogen and oxygen atoms in total. The predicted molar refractivity (Wildman–Crippen MR) is 78.0 cm³/mol. The molecule has 1 aliphatic carbocycles. The van der Waals surface area contributed by atoms with Crippen LogP contribution in [-0.4, -0.2) is 48.2 Å². The minimum Gasteiger partial charge on any atom is -0.314 e. The second-order valence-corrected chi connectivity index (χ2v) is 7.05. The summed E-state index contributed by atoms with van der Waals surface area (Å²) in [7, 11) is -3.38. The Kier molecular flexibility index (Phi) is 5.17. The van der Waals surface area contributed by atoms with E-state index in [1.165, 1.54) is 23.3 Å². The molecule has 0 unspecified atom stereocenters. The molecule has 0 amide bonds. The Labute approximate surface area is 121 Å². The van der Waals surface area contributed by atoms with Gasteiger partial charge in [0.1, 0.15) is 4.90 Å². The maximum absolute atomic E-state index is 12.3. The summed E-state index contributed by atoms with van der Waals surface area (Å²) in [6.07, 6.45) is 6.61. The topological polar surface area (TPSA) is 67.2 Å². The summed E-state index contributed by atoms with van der Waals surface area (Å²) in [5, 5.41) is 7.58. The summed E-state index contributed by atoms with van der Waals surface area (Å²) < 4.78 is 27.8. The Hall–Kier alpha value is -0.920. The molecule has 1 fully saturated rings. The summed E-state index contributed by atoms with van der Waals surface area (Å²) in [6.45, 7) is 6.35. The normalized spacial score (nSPS) is 15.9. The third-order valence-corrected chi connectivity index (χ3v) is 5.53. The van der Waals surface area contributed by atoms with Crippen LogP contribution in [0.25, 0.3) is 0 Å². The minimum atomic E-state index is -3.38. The Morgan fingerprint density at radius 1 is 1.40 bits per heavy atom. The number of hydrogen-bond acceptors (Lipinski definition) is 4. The zero-order valence-electron chi connectivity index (χ0n) is 12.2. The summed E-state index contributed by atoms with van der Waals surface area (Å²) in [4.78, 5) is 0.288. The van der Waals surface area contributed by atoms with Crippen LogP contribution in [0.1, 0.15) is 33.1 Å². The molecule has 7 heteroatoms. The average molecular weight is 300 g/mol. The van der Waals surface area contributed by atoms with Crippen LogP contribution in [0.4, 0.5) is 0 Å². The van der Waals surface area contributed by atoms with E-state index in [9.17, 15) is 8.42 Å². The van der Waals surface area contributed by atoms with E-state index >= 15 is 0 Å². The molecule has 1 aromatic heterocycles. The summed E-state index contributed by atoms with van der Waals surface area (Å²) in [5.74, 6) is 0. The quantitative estimate of drug-likeness (QED) is 0.692. The van der Waals surface area contributed by atoms with E-state index in [0.717, 1.165) is 19.5 Å². The minimum absolute atomic E-state index is 0.288. The fourth-order valence-electron chi connectivity index (χ4n) is 2.15. The summed E-state index contributed by atoms with van der Waals surface area (Å²) >= 11 is 0. The lowest BCUT2D eigenvalue weighted by molar-refractivity contribution is 0.445. The first-order valence-electron chi connectivity index (χ1n) is 7.34. The van der Waals surface area contributed by atoms with Crippen molar-refractivity contribution < 1.29 is 8.42 Å². The fraction of sp³-hybridized carbons (Fsp3) is 0.769. The summed E-state index contributed by atoms with van der Waals surface area (Å²) in [6, 6.07) is 0.714. The van der Waals surface area contributed by atoms with Gasteiger partial charge in [-0.05, 0) is 25.8 Å². The molecule has 114 valence electrons. The molecule has 20 heavy (non-hydrogen) atoms. The maximum Gasteiger partial charge on any atom is 0.246 e. The fourth-order valence-corrected chi connectivity index (χ4v) is 3.56. The van der Waals surface area contributed by atoms with Gasteiger partial charge in [0.05, 0.1) is 6.20 Å². The lowest BCUT2D eigenvalue weighted by Gasteiger charge is -2.16. The third-order valence-electron chi connectivity index (χ3n) is 3.53. The monoisotopic (exact) mass is 300 g/mol. The molecule has 1 aliphatic rings. The number of aromatic nitrogens is 2. The highest BCUT2D eigenvalue weighted by molar-refractivity contribution is 7.89. The van der Waals surface area contributed by atoms with Gasteiger partial charge in [0, 0.05) is 31.9 Å². The zero-order valence-corrected chi connectivity index (χ0v) is 13.1. The number of nitrogens with zero attached hydrogens (tertiary/aromatic N) is 3. The van der Waals surface area contributed by atoms with E-state index in [4.69, 9.17) is 0 Å². The molecule has 1 aromatic rings. The van der Waals surface area contributed by atoms with E-state index in [1.807, 2.05) is 13.8 Å². The molecular formula is C13H24N4O2S. The highest BCUT2D eigenvalue weighted by atomic mass is 32.2. The highest BCUT2D eigenvalue weighted by Gasteiger charge is 2.23. The van der Waals surface area contributed by atoms with E-state index in [2.05, 4.69) is 10.4 Å². The third kappa shape index (κ3) is 3.80.